The summed E-state index contributed by atoms with van der Waals surface area (Å²) in [4.78, 5) is 0. The van der Waals surface area contributed by atoms with Gasteiger partial charge < -0.3 is 33.5 Å². The van der Waals surface area contributed by atoms with Crippen molar-refractivity contribution in [1.82, 2.24) is 0 Å². The molecule has 7 heteroatoms. The van der Waals surface area contributed by atoms with E-state index in [1.165, 1.54) is 0 Å². The maximum Gasteiger partial charge on any atom is 0.231 e. The summed E-state index contributed by atoms with van der Waals surface area (Å²) in [6.07, 6.45) is 0.541. The van der Waals surface area contributed by atoms with Crippen LogP contribution in [0.2, 0.25) is 0 Å². The molecular formula is C22H24O7. The van der Waals surface area contributed by atoms with Gasteiger partial charge in [-0.05, 0) is 41.5 Å². The van der Waals surface area contributed by atoms with E-state index in [1.54, 1.807) is 14.2 Å². The molecule has 0 radical (unpaired) electrons. The monoisotopic (exact) mass is 400 g/mol. The van der Waals surface area contributed by atoms with Gasteiger partial charge in [0.2, 0.25) is 25.1 Å². The summed E-state index contributed by atoms with van der Waals surface area (Å²) in [5, 5.41) is 11.2. The molecule has 0 fully saturated rings. The Morgan fingerprint density at radius 1 is 0.931 bits per heavy atom. The summed E-state index contributed by atoms with van der Waals surface area (Å²) >= 11 is 0. The number of methoxy groups -OCH3 is 2. The van der Waals surface area contributed by atoms with Crippen LogP contribution in [0.4, 0.5) is 0 Å². The lowest BCUT2D eigenvalue weighted by atomic mass is 9.76. The number of rotatable bonds is 2. The fourth-order valence-corrected chi connectivity index (χ4v) is 4.68. The van der Waals surface area contributed by atoms with Gasteiger partial charge in [0.1, 0.15) is 0 Å². The van der Waals surface area contributed by atoms with Gasteiger partial charge in [0.15, 0.2) is 23.0 Å². The highest BCUT2D eigenvalue weighted by Gasteiger charge is 2.38. The third kappa shape index (κ3) is 2.53. The van der Waals surface area contributed by atoms with E-state index in [4.69, 9.17) is 28.4 Å². The first-order valence-corrected chi connectivity index (χ1v) is 9.73. The van der Waals surface area contributed by atoms with Gasteiger partial charge >= 0.3 is 0 Å². The molecule has 0 saturated carbocycles. The number of phenols is 1. The van der Waals surface area contributed by atoms with Crippen molar-refractivity contribution in [2.45, 2.75) is 26.4 Å². The van der Waals surface area contributed by atoms with Crippen molar-refractivity contribution in [2.75, 3.05) is 27.8 Å². The minimum absolute atomic E-state index is 0.0463. The molecule has 0 aromatic heterocycles. The maximum absolute atomic E-state index is 11.2. The molecule has 2 aromatic carbocycles. The Bertz CT molecular complexity index is 984. The first-order valence-electron chi connectivity index (χ1n) is 9.73. The molecule has 0 spiro atoms. The largest absolute Gasteiger partial charge is 0.504 e. The summed E-state index contributed by atoms with van der Waals surface area (Å²) < 4.78 is 34.2. The fraction of sp³-hybridized carbons (Fsp3) is 0.455. The van der Waals surface area contributed by atoms with Crippen LogP contribution in [-0.4, -0.2) is 32.9 Å². The summed E-state index contributed by atoms with van der Waals surface area (Å²) in [5.74, 6) is 3.14. The van der Waals surface area contributed by atoms with E-state index in [9.17, 15) is 5.11 Å². The van der Waals surface area contributed by atoms with Gasteiger partial charge in [-0.15, -0.1) is 0 Å². The molecule has 154 valence electrons. The Morgan fingerprint density at radius 3 is 2.31 bits per heavy atom. The molecule has 1 N–H and O–H groups in total. The van der Waals surface area contributed by atoms with Crippen molar-refractivity contribution in [2.24, 2.45) is 11.8 Å². The zero-order valence-corrected chi connectivity index (χ0v) is 16.9. The van der Waals surface area contributed by atoms with Crippen LogP contribution in [0.3, 0.4) is 0 Å². The Hall–Kier alpha value is -2.80. The van der Waals surface area contributed by atoms with E-state index in [-0.39, 0.29) is 31.4 Å². The van der Waals surface area contributed by atoms with Crippen LogP contribution in [0.5, 0.6) is 34.5 Å². The molecule has 0 amide bonds. The lowest BCUT2D eigenvalue weighted by molar-refractivity contribution is 0.0362. The van der Waals surface area contributed by atoms with Crippen molar-refractivity contribution in [1.29, 1.82) is 0 Å². The van der Waals surface area contributed by atoms with Crippen LogP contribution < -0.4 is 23.7 Å². The summed E-state index contributed by atoms with van der Waals surface area (Å²) in [5.41, 5.74) is 3.27. The van der Waals surface area contributed by atoms with Gasteiger partial charge in [0, 0.05) is 18.2 Å². The standard InChI is InChI=1S/C22H24O7/c1-10-5-12-6-14-20(28-8-26-14)18(23)16(12)17-13(19(24-3)11(10)2)7-15-21(22(17)25-4)29-9-27-15/h6-7,10-11,19,23H,5,8-9H2,1-4H3. The smallest absolute Gasteiger partial charge is 0.231 e. The van der Waals surface area contributed by atoms with Gasteiger partial charge in [0.25, 0.3) is 0 Å². The van der Waals surface area contributed by atoms with Crippen LogP contribution >= 0.6 is 0 Å². The molecule has 7 nitrogen and oxygen atoms in total. The van der Waals surface area contributed by atoms with Crippen molar-refractivity contribution in [3.05, 3.63) is 23.3 Å². The maximum atomic E-state index is 11.2. The summed E-state index contributed by atoms with van der Waals surface area (Å²) in [6, 6.07) is 3.90. The van der Waals surface area contributed by atoms with Gasteiger partial charge in [-0.2, -0.15) is 0 Å². The number of aromatic hydroxyl groups is 1. The van der Waals surface area contributed by atoms with Gasteiger partial charge in [-0.1, -0.05) is 13.8 Å². The number of ether oxygens (including phenoxy) is 6. The Labute approximate surface area is 169 Å². The summed E-state index contributed by atoms with van der Waals surface area (Å²) in [6.45, 7) is 4.58. The third-order valence-corrected chi connectivity index (χ3v) is 6.30. The third-order valence-electron chi connectivity index (χ3n) is 6.30. The molecule has 3 atom stereocenters. The molecular weight excluding hydrogens is 376 g/mol. The second kappa shape index (κ2) is 6.62. The molecule has 0 bridgehead atoms. The lowest BCUT2D eigenvalue weighted by Gasteiger charge is -2.34. The molecule has 1 aliphatic carbocycles. The first kappa shape index (κ1) is 18.2. The van der Waals surface area contributed by atoms with Crippen LogP contribution in [0.25, 0.3) is 11.1 Å². The Morgan fingerprint density at radius 2 is 1.62 bits per heavy atom. The average molecular weight is 400 g/mol. The highest BCUT2D eigenvalue weighted by Crippen LogP contribution is 2.58. The number of benzene rings is 2. The predicted octanol–water partition coefficient (Wildman–Crippen LogP) is 4.04. The van der Waals surface area contributed by atoms with Crippen molar-refractivity contribution in [3.63, 3.8) is 0 Å². The predicted molar refractivity (Wildman–Crippen MR) is 104 cm³/mol. The van der Waals surface area contributed by atoms with Gasteiger partial charge in [-0.25, -0.2) is 0 Å². The highest BCUT2D eigenvalue weighted by molar-refractivity contribution is 5.88. The van der Waals surface area contributed by atoms with Crippen molar-refractivity contribution >= 4 is 0 Å². The second-order valence-corrected chi connectivity index (χ2v) is 7.80. The van der Waals surface area contributed by atoms with E-state index in [0.29, 0.717) is 40.2 Å². The summed E-state index contributed by atoms with van der Waals surface area (Å²) in [7, 11) is 3.30. The number of hydrogen-bond donors (Lipinski definition) is 1. The number of hydrogen-bond acceptors (Lipinski definition) is 7. The molecule has 3 unspecified atom stereocenters. The Kier molecular flexibility index (Phi) is 4.17. The molecule has 2 aromatic rings. The molecule has 3 aliphatic rings. The minimum atomic E-state index is -0.207. The molecule has 0 saturated heterocycles. The molecule has 5 rings (SSSR count). The van der Waals surface area contributed by atoms with Gasteiger partial charge in [-0.3, -0.25) is 0 Å². The van der Waals surface area contributed by atoms with E-state index in [1.807, 2.05) is 12.1 Å². The SMILES string of the molecule is COc1c2c(cc3c1-c1c(cc4c(c1O)OCO4)CC(C)C(C)C3OC)OCO2. The quantitative estimate of drug-likeness (QED) is 0.815. The second-order valence-electron chi connectivity index (χ2n) is 7.80. The van der Waals surface area contributed by atoms with Crippen LogP contribution in [0.1, 0.15) is 31.1 Å². The zero-order chi connectivity index (χ0) is 20.3. The molecule has 2 heterocycles. The van der Waals surface area contributed by atoms with Crippen LogP contribution in [-0.2, 0) is 11.2 Å². The normalized spacial score (nSPS) is 23.8. The number of phenolic OH excluding ortho intramolecular Hbond substituents is 1. The van der Waals surface area contributed by atoms with Crippen LogP contribution in [0.15, 0.2) is 12.1 Å². The lowest BCUT2D eigenvalue weighted by Crippen LogP contribution is -2.23. The molecule has 2 aliphatic heterocycles. The first-order chi connectivity index (χ1) is 14.0. The fourth-order valence-electron chi connectivity index (χ4n) is 4.68. The van der Waals surface area contributed by atoms with Crippen molar-refractivity contribution < 1.29 is 33.5 Å². The van der Waals surface area contributed by atoms with Gasteiger partial charge in [0.05, 0.1) is 13.2 Å². The van der Waals surface area contributed by atoms with E-state index in [0.717, 1.165) is 23.1 Å². The number of fused-ring (bicyclic) bond motifs is 5. The topological polar surface area (TPSA) is 75.6 Å². The van der Waals surface area contributed by atoms with E-state index in [2.05, 4.69) is 13.8 Å². The average Bonchev–Trinajstić information content (AvgIpc) is 3.36. The van der Waals surface area contributed by atoms with E-state index < -0.39 is 0 Å². The van der Waals surface area contributed by atoms with Crippen LogP contribution in [0, 0.1) is 11.8 Å². The minimum Gasteiger partial charge on any atom is -0.504 e. The van der Waals surface area contributed by atoms with Crippen molar-refractivity contribution in [3.8, 4) is 45.6 Å². The zero-order valence-electron chi connectivity index (χ0n) is 16.9. The van der Waals surface area contributed by atoms with E-state index >= 15 is 0 Å². The highest BCUT2D eigenvalue weighted by atomic mass is 16.7. The Balaban J connectivity index is 1.89. The molecule has 29 heavy (non-hydrogen) atoms.